The van der Waals surface area contributed by atoms with Crippen molar-refractivity contribution in [3.8, 4) is 17.2 Å². The molecule has 7 heteroatoms. The monoisotopic (exact) mass is 496 g/mol. The summed E-state index contributed by atoms with van der Waals surface area (Å²) in [6.45, 7) is 4.37. The van der Waals surface area contributed by atoms with Crippen LogP contribution in [0.25, 0.3) is 0 Å². The highest BCUT2D eigenvalue weighted by Crippen LogP contribution is 2.51. The molecule has 3 aromatic carbocycles. The van der Waals surface area contributed by atoms with Crippen molar-refractivity contribution in [3.05, 3.63) is 86.9 Å². The molecule has 0 saturated heterocycles. The maximum Gasteiger partial charge on any atom is 0.213 e. The van der Waals surface area contributed by atoms with Gasteiger partial charge in [-0.2, -0.15) is 5.10 Å². The van der Waals surface area contributed by atoms with Gasteiger partial charge < -0.3 is 14.2 Å². The molecule has 2 heterocycles. The second-order valence-electron chi connectivity index (χ2n) is 8.81. The van der Waals surface area contributed by atoms with Gasteiger partial charge in [-0.3, -0.25) is 0 Å². The van der Waals surface area contributed by atoms with Crippen molar-refractivity contribution in [2.45, 2.75) is 38.5 Å². The van der Waals surface area contributed by atoms with Crippen molar-refractivity contribution < 1.29 is 14.2 Å². The van der Waals surface area contributed by atoms with Gasteiger partial charge in [0.2, 0.25) is 6.23 Å². The molecule has 2 atom stereocenters. The molecule has 5 rings (SSSR count). The molecule has 0 radical (unpaired) electrons. The number of methoxy groups -OCH3 is 2. The lowest BCUT2D eigenvalue weighted by molar-refractivity contribution is -0.0189. The van der Waals surface area contributed by atoms with E-state index in [0.29, 0.717) is 39.6 Å². The summed E-state index contributed by atoms with van der Waals surface area (Å²) in [5.41, 5.74) is 5.13. The van der Waals surface area contributed by atoms with Gasteiger partial charge >= 0.3 is 0 Å². The minimum absolute atomic E-state index is 0.0576. The van der Waals surface area contributed by atoms with Crippen molar-refractivity contribution in [2.75, 3.05) is 14.2 Å². The van der Waals surface area contributed by atoms with Crippen molar-refractivity contribution in [1.82, 2.24) is 5.01 Å². The van der Waals surface area contributed by atoms with Gasteiger partial charge in [0, 0.05) is 28.1 Å². The van der Waals surface area contributed by atoms with Crippen LogP contribution in [0.3, 0.4) is 0 Å². The van der Waals surface area contributed by atoms with Crippen LogP contribution in [0.1, 0.15) is 60.7 Å². The molecule has 0 amide bonds. The third-order valence-corrected chi connectivity index (χ3v) is 6.91. The number of nitrogens with zero attached hydrogens (tertiary/aromatic N) is 2. The van der Waals surface area contributed by atoms with Crippen LogP contribution in [0.2, 0.25) is 10.0 Å². The summed E-state index contributed by atoms with van der Waals surface area (Å²) in [4.78, 5) is 0. The van der Waals surface area contributed by atoms with Gasteiger partial charge in [0.1, 0.15) is 5.75 Å². The summed E-state index contributed by atoms with van der Waals surface area (Å²) in [6.07, 6.45) is 0.276. The number of halogens is 2. The van der Waals surface area contributed by atoms with E-state index in [-0.39, 0.29) is 6.04 Å². The minimum atomic E-state index is -0.407. The highest BCUT2D eigenvalue weighted by Gasteiger charge is 2.42. The molecule has 0 N–H and O–H groups in total. The summed E-state index contributed by atoms with van der Waals surface area (Å²) < 4.78 is 17.4. The first kappa shape index (κ1) is 22.9. The molecular weight excluding hydrogens is 471 g/mol. The number of hydrogen-bond donors (Lipinski definition) is 0. The fourth-order valence-electron chi connectivity index (χ4n) is 4.57. The Balaban J connectivity index is 1.59. The predicted molar refractivity (Wildman–Crippen MR) is 136 cm³/mol. The number of rotatable bonds is 5. The van der Waals surface area contributed by atoms with Gasteiger partial charge in [-0.05, 0) is 41.8 Å². The Labute approximate surface area is 209 Å². The van der Waals surface area contributed by atoms with Crippen molar-refractivity contribution in [3.63, 3.8) is 0 Å². The van der Waals surface area contributed by atoms with E-state index in [0.717, 1.165) is 22.4 Å². The number of benzene rings is 3. The van der Waals surface area contributed by atoms with E-state index in [4.69, 9.17) is 42.5 Å². The van der Waals surface area contributed by atoms with Crippen LogP contribution in [0.15, 0.2) is 59.7 Å². The quantitative estimate of drug-likeness (QED) is 0.369. The van der Waals surface area contributed by atoms with Crippen LogP contribution in [-0.4, -0.2) is 24.9 Å². The largest absolute Gasteiger partial charge is 0.493 e. The van der Waals surface area contributed by atoms with Gasteiger partial charge in [0.25, 0.3) is 0 Å². The smallest absolute Gasteiger partial charge is 0.213 e. The van der Waals surface area contributed by atoms with Crippen LogP contribution in [0.5, 0.6) is 17.2 Å². The van der Waals surface area contributed by atoms with Crippen molar-refractivity contribution >= 4 is 28.9 Å². The Bertz CT molecular complexity index is 1260. The summed E-state index contributed by atoms with van der Waals surface area (Å²) in [7, 11) is 3.26. The normalized spacial score (nSPS) is 18.8. The van der Waals surface area contributed by atoms with E-state index in [9.17, 15) is 0 Å². The number of hydrazone groups is 1. The van der Waals surface area contributed by atoms with Crippen LogP contribution < -0.4 is 14.2 Å². The topological polar surface area (TPSA) is 43.3 Å². The van der Waals surface area contributed by atoms with Crippen LogP contribution in [0, 0.1) is 0 Å². The summed E-state index contributed by atoms with van der Waals surface area (Å²) in [5.74, 6) is 2.45. The Morgan fingerprint density at radius 2 is 1.71 bits per heavy atom. The minimum Gasteiger partial charge on any atom is -0.493 e. The zero-order chi connectivity index (χ0) is 24.0. The zero-order valence-corrected chi connectivity index (χ0v) is 21.0. The molecule has 0 aromatic heterocycles. The van der Waals surface area contributed by atoms with Gasteiger partial charge in [0.05, 0.1) is 31.0 Å². The lowest BCUT2D eigenvalue weighted by Crippen LogP contribution is -2.33. The van der Waals surface area contributed by atoms with Crippen LogP contribution >= 0.6 is 23.2 Å². The lowest BCUT2D eigenvalue weighted by Gasteiger charge is -2.38. The van der Waals surface area contributed by atoms with E-state index in [1.165, 1.54) is 5.56 Å². The molecule has 0 fully saturated rings. The second-order valence-corrected chi connectivity index (χ2v) is 9.66. The maximum absolute atomic E-state index is 6.59. The predicted octanol–water partition coefficient (Wildman–Crippen LogP) is 7.38. The SMILES string of the molecule is COc1ccc(C2=NN3[C@H](C2)c2cc(Cl)cc(Cl)c2O[C@H]3c2ccc(C(C)C)cc2)cc1OC. The highest BCUT2D eigenvalue weighted by atomic mass is 35.5. The molecule has 2 aliphatic rings. The molecule has 2 aliphatic heterocycles. The number of fused-ring (bicyclic) bond motifs is 3. The molecule has 0 unspecified atom stereocenters. The number of ether oxygens (including phenoxy) is 3. The third-order valence-electron chi connectivity index (χ3n) is 6.41. The first-order valence-electron chi connectivity index (χ1n) is 11.2. The van der Waals surface area contributed by atoms with E-state index in [1.807, 2.05) is 29.3 Å². The van der Waals surface area contributed by atoms with E-state index in [1.54, 1.807) is 20.3 Å². The molecule has 5 nitrogen and oxygen atoms in total. The van der Waals surface area contributed by atoms with Gasteiger partial charge in [-0.1, -0.05) is 61.3 Å². The lowest BCUT2D eigenvalue weighted by atomic mass is 9.95. The third kappa shape index (κ3) is 3.97. The average molecular weight is 497 g/mol. The Kier molecular flexibility index (Phi) is 6.09. The van der Waals surface area contributed by atoms with E-state index < -0.39 is 6.23 Å². The van der Waals surface area contributed by atoms with Crippen LogP contribution in [0.4, 0.5) is 0 Å². The number of hydrogen-bond acceptors (Lipinski definition) is 5. The summed E-state index contributed by atoms with van der Waals surface area (Å²) in [6, 6.07) is 17.9. The highest BCUT2D eigenvalue weighted by molar-refractivity contribution is 6.35. The molecule has 0 bridgehead atoms. The summed E-state index contributed by atoms with van der Waals surface area (Å²) in [5, 5.41) is 8.13. The fourth-order valence-corrected chi connectivity index (χ4v) is 5.12. The maximum atomic E-state index is 6.59. The second kappa shape index (κ2) is 9.05. The van der Waals surface area contributed by atoms with Gasteiger partial charge in [-0.15, -0.1) is 0 Å². The van der Waals surface area contributed by atoms with E-state index in [2.05, 4.69) is 38.1 Å². The molecule has 3 aromatic rings. The standard InChI is InChI=1S/C27H26Cl2N2O3/c1-15(2)16-5-7-17(8-6-16)27-31-23(20-12-19(28)13-21(29)26(20)34-27)14-22(30-31)18-9-10-24(32-3)25(11-18)33-4/h5-13,15,23,27H,14H2,1-4H3/t23-,27+/m1/s1. The molecule has 34 heavy (non-hydrogen) atoms. The fraction of sp³-hybridized carbons (Fsp3) is 0.296. The van der Waals surface area contributed by atoms with Crippen LogP contribution in [-0.2, 0) is 0 Å². The first-order valence-corrected chi connectivity index (χ1v) is 12.0. The molecular formula is C27H26Cl2N2O3. The molecule has 0 spiro atoms. The zero-order valence-electron chi connectivity index (χ0n) is 19.5. The molecule has 176 valence electrons. The Morgan fingerprint density at radius 1 is 0.971 bits per heavy atom. The Morgan fingerprint density at radius 3 is 2.38 bits per heavy atom. The molecule has 0 aliphatic carbocycles. The van der Waals surface area contributed by atoms with Gasteiger partial charge in [-0.25, -0.2) is 5.01 Å². The molecule has 0 saturated carbocycles. The average Bonchev–Trinajstić information content (AvgIpc) is 3.29. The Hall–Kier alpha value is -2.89. The van der Waals surface area contributed by atoms with Gasteiger partial charge in [0.15, 0.2) is 11.5 Å². The van der Waals surface area contributed by atoms with Crippen molar-refractivity contribution in [2.24, 2.45) is 5.10 Å². The first-order chi connectivity index (χ1) is 16.4. The van der Waals surface area contributed by atoms with Crippen molar-refractivity contribution in [1.29, 1.82) is 0 Å². The summed E-state index contributed by atoms with van der Waals surface area (Å²) >= 11 is 13.0. The van der Waals surface area contributed by atoms with E-state index >= 15 is 0 Å².